The molecule has 0 aliphatic carbocycles. The van der Waals surface area contributed by atoms with Crippen LogP contribution in [0.2, 0.25) is 0 Å². The summed E-state index contributed by atoms with van der Waals surface area (Å²) in [6.45, 7) is 13.0. The molecule has 1 unspecified atom stereocenters. The molecule has 0 spiro atoms. The first kappa shape index (κ1) is 14.9. The van der Waals surface area contributed by atoms with Crippen LogP contribution in [0, 0.1) is 0 Å². The average molecular weight is 216 g/mol. The Morgan fingerprint density at radius 2 is 1.67 bits per heavy atom. The van der Waals surface area contributed by atoms with Crippen molar-refractivity contribution in [1.29, 1.82) is 0 Å². The van der Waals surface area contributed by atoms with E-state index in [4.69, 9.17) is 0 Å². The van der Waals surface area contributed by atoms with Gasteiger partial charge < -0.3 is 15.7 Å². The van der Waals surface area contributed by atoms with Crippen molar-refractivity contribution < 1.29 is 5.11 Å². The molecule has 0 saturated heterocycles. The van der Waals surface area contributed by atoms with Crippen LogP contribution in [-0.2, 0) is 0 Å². The third-order valence-electron chi connectivity index (χ3n) is 2.25. The molecule has 0 aromatic heterocycles. The second-order valence-electron chi connectivity index (χ2n) is 5.60. The summed E-state index contributed by atoms with van der Waals surface area (Å²) >= 11 is 0. The number of aliphatic hydroxyl groups is 1. The molecular formula is C12H28N2O. The van der Waals surface area contributed by atoms with E-state index in [1.807, 2.05) is 6.92 Å². The Balaban J connectivity index is 3.46. The smallest absolute Gasteiger partial charge is 0.0743 e. The van der Waals surface area contributed by atoms with E-state index < -0.39 is 5.60 Å². The van der Waals surface area contributed by atoms with E-state index in [9.17, 15) is 5.11 Å². The quantitative estimate of drug-likeness (QED) is 0.565. The molecule has 0 aromatic carbocycles. The lowest BCUT2D eigenvalue weighted by molar-refractivity contribution is 0.0503. The van der Waals surface area contributed by atoms with Crippen molar-refractivity contribution in [2.45, 2.75) is 58.6 Å². The fourth-order valence-corrected chi connectivity index (χ4v) is 1.51. The summed E-state index contributed by atoms with van der Waals surface area (Å²) in [7, 11) is 0. The second-order valence-corrected chi connectivity index (χ2v) is 5.60. The van der Waals surface area contributed by atoms with Crippen LogP contribution in [-0.4, -0.2) is 35.9 Å². The number of nitrogens with one attached hydrogen (secondary N) is 2. The van der Waals surface area contributed by atoms with Crippen LogP contribution in [0.15, 0.2) is 0 Å². The van der Waals surface area contributed by atoms with Gasteiger partial charge in [0.15, 0.2) is 0 Å². The maximum atomic E-state index is 9.89. The van der Waals surface area contributed by atoms with Gasteiger partial charge in [0.1, 0.15) is 0 Å². The summed E-state index contributed by atoms with van der Waals surface area (Å²) in [6, 6.07) is 0. The largest absolute Gasteiger partial charge is 0.389 e. The van der Waals surface area contributed by atoms with E-state index in [1.54, 1.807) is 0 Å². The van der Waals surface area contributed by atoms with Crippen molar-refractivity contribution in [3.63, 3.8) is 0 Å². The highest BCUT2D eigenvalue weighted by molar-refractivity contribution is 4.76. The molecule has 3 N–H and O–H groups in total. The van der Waals surface area contributed by atoms with E-state index >= 15 is 0 Å². The molecule has 3 heteroatoms. The van der Waals surface area contributed by atoms with Crippen molar-refractivity contribution in [3.8, 4) is 0 Å². The second kappa shape index (κ2) is 6.46. The molecule has 1 atom stereocenters. The van der Waals surface area contributed by atoms with Crippen molar-refractivity contribution in [2.24, 2.45) is 0 Å². The zero-order valence-electron chi connectivity index (χ0n) is 11.0. The fraction of sp³-hybridized carbons (Fsp3) is 1.00. The topological polar surface area (TPSA) is 44.3 Å². The van der Waals surface area contributed by atoms with E-state index in [-0.39, 0.29) is 5.54 Å². The van der Waals surface area contributed by atoms with E-state index in [2.05, 4.69) is 38.3 Å². The number of rotatable bonds is 7. The minimum atomic E-state index is -0.559. The monoisotopic (exact) mass is 216 g/mol. The SMILES string of the molecule is CCCC(C)(O)CNCCNC(C)(C)C. The van der Waals surface area contributed by atoms with Gasteiger partial charge in [-0.3, -0.25) is 0 Å². The van der Waals surface area contributed by atoms with Crippen molar-refractivity contribution in [3.05, 3.63) is 0 Å². The normalized spacial score (nSPS) is 16.4. The Bertz CT molecular complexity index is 161. The summed E-state index contributed by atoms with van der Waals surface area (Å²) in [6.07, 6.45) is 1.88. The minimum Gasteiger partial charge on any atom is -0.389 e. The third-order valence-corrected chi connectivity index (χ3v) is 2.25. The Labute approximate surface area is 94.6 Å². The zero-order valence-corrected chi connectivity index (χ0v) is 11.0. The maximum absolute atomic E-state index is 9.89. The first-order valence-electron chi connectivity index (χ1n) is 5.95. The van der Waals surface area contributed by atoms with Crippen molar-refractivity contribution >= 4 is 0 Å². The van der Waals surface area contributed by atoms with Crippen LogP contribution in [0.25, 0.3) is 0 Å². The van der Waals surface area contributed by atoms with Gasteiger partial charge in [-0.15, -0.1) is 0 Å². The molecule has 0 bridgehead atoms. The molecule has 0 aliphatic rings. The van der Waals surface area contributed by atoms with Gasteiger partial charge in [-0.2, -0.15) is 0 Å². The van der Waals surface area contributed by atoms with Crippen LogP contribution in [0.5, 0.6) is 0 Å². The van der Waals surface area contributed by atoms with Crippen molar-refractivity contribution in [1.82, 2.24) is 10.6 Å². The summed E-state index contributed by atoms with van der Waals surface area (Å²) in [4.78, 5) is 0. The molecule has 0 saturated carbocycles. The molecule has 0 amide bonds. The molecule has 0 radical (unpaired) electrons. The lowest BCUT2D eigenvalue weighted by Gasteiger charge is -2.24. The molecule has 0 heterocycles. The molecular weight excluding hydrogens is 188 g/mol. The molecule has 0 rings (SSSR count). The van der Waals surface area contributed by atoms with Gasteiger partial charge in [0, 0.05) is 25.2 Å². The summed E-state index contributed by atoms with van der Waals surface area (Å²) < 4.78 is 0. The molecule has 0 fully saturated rings. The summed E-state index contributed by atoms with van der Waals surface area (Å²) in [5, 5.41) is 16.6. The van der Waals surface area contributed by atoms with Gasteiger partial charge in [0.2, 0.25) is 0 Å². The van der Waals surface area contributed by atoms with Crippen LogP contribution >= 0.6 is 0 Å². The van der Waals surface area contributed by atoms with Gasteiger partial charge >= 0.3 is 0 Å². The minimum absolute atomic E-state index is 0.174. The van der Waals surface area contributed by atoms with E-state index in [0.717, 1.165) is 25.9 Å². The highest BCUT2D eigenvalue weighted by atomic mass is 16.3. The Kier molecular flexibility index (Phi) is 6.41. The van der Waals surface area contributed by atoms with E-state index in [0.29, 0.717) is 6.54 Å². The Hall–Kier alpha value is -0.120. The fourth-order valence-electron chi connectivity index (χ4n) is 1.51. The first-order chi connectivity index (χ1) is 6.77. The zero-order chi connectivity index (χ0) is 11.9. The number of hydrogen-bond donors (Lipinski definition) is 3. The van der Waals surface area contributed by atoms with Crippen LogP contribution in [0.3, 0.4) is 0 Å². The predicted octanol–water partition coefficient (Wildman–Crippen LogP) is 1.52. The highest BCUT2D eigenvalue weighted by Crippen LogP contribution is 2.09. The lowest BCUT2D eigenvalue weighted by Crippen LogP contribution is -2.43. The van der Waals surface area contributed by atoms with Gasteiger partial charge in [-0.05, 0) is 34.1 Å². The molecule has 15 heavy (non-hydrogen) atoms. The van der Waals surface area contributed by atoms with Crippen LogP contribution in [0.1, 0.15) is 47.5 Å². The van der Waals surface area contributed by atoms with Gasteiger partial charge in [0.25, 0.3) is 0 Å². The van der Waals surface area contributed by atoms with Crippen LogP contribution in [0.4, 0.5) is 0 Å². The molecule has 0 aromatic rings. The Morgan fingerprint density at radius 3 is 2.13 bits per heavy atom. The van der Waals surface area contributed by atoms with Gasteiger partial charge in [0.05, 0.1) is 5.60 Å². The van der Waals surface area contributed by atoms with Crippen LogP contribution < -0.4 is 10.6 Å². The van der Waals surface area contributed by atoms with E-state index in [1.165, 1.54) is 0 Å². The highest BCUT2D eigenvalue weighted by Gasteiger charge is 2.17. The average Bonchev–Trinajstić information content (AvgIpc) is 2.00. The molecule has 3 nitrogen and oxygen atoms in total. The maximum Gasteiger partial charge on any atom is 0.0743 e. The van der Waals surface area contributed by atoms with Gasteiger partial charge in [-0.1, -0.05) is 13.3 Å². The lowest BCUT2D eigenvalue weighted by atomic mass is 10.0. The third kappa shape index (κ3) is 10.2. The summed E-state index contributed by atoms with van der Waals surface area (Å²) in [5.74, 6) is 0. The standard InChI is InChI=1S/C12H28N2O/c1-6-7-12(5,15)10-13-8-9-14-11(2,3)4/h13-15H,6-10H2,1-5H3. The Morgan fingerprint density at radius 1 is 1.07 bits per heavy atom. The predicted molar refractivity (Wildman–Crippen MR) is 66.2 cm³/mol. The number of hydrogen-bond acceptors (Lipinski definition) is 3. The van der Waals surface area contributed by atoms with Gasteiger partial charge in [-0.25, -0.2) is 0 Å². The molecule has 0 aliphatic heterocycles. The first-order valence-corrected chi connectivity index (χ1v) is 5.95. The summed E-state index contributed by atoms with van der Waals surface area (Å²) in [5.41, 5.74) is -0.385. The molecule has 92 valence electrons. The van der Waals surface area contributed by atoms with Crippen molar-refractivity contribution in [2.75, 3.05) is 19.6 Å².